The summed E-state index contributed by atoms with van der Waals surface area (Å²) in [6.07, 6.45) is 1.92. The second-order valence-corrected chi connectivity index (χ2v) is 6.17. The number of aryl methyl sites for hydroxylation is 1. The summed E-state index contributed by atoms with van der Waals surface area (Å²) in [7, 11) is 1.65. The Hall–Kier alpha value is -2.33. The van der Waals surface area contributed by atoms with Gasteiger partial charge in [0.1, 0.15) is 5.75 Å². The van der Waals surface area contributed by atoms with Gasteiger partial charge >= 0.3 is 0 Å². The normalized spacial score (nSPS) is 15.1. The van der Waals surface area contributed by atoms with Gasteiger partial charge < -0.3 is 15.0 Å². The molecule has 0 aromatic heterocycles. The molecule has 0 aliphatic carbocycles. The molecule has 24 heavy (non-hydrogen) atoms. The Morgan fingerprint density at radius 3 is 2.38 bits per heavy atom. The predicted molar refractivity (Wildman–Crippen MR) is 96.9 cm³/mol. The van der Waals surface area contributed by atoms with E-state index in [9.17, 15) is 4.79 Å². The first-order valence-electron chi connectivity index (χ1n) is 8.44. The maximum atomic E-state index is 13.3. The van der Waals surface area contributed by atoms with Crippen LogP contribution in [0.4, 0.5) is 5.69 Å². The molecule has 2 aromatic rings. The highest BCUT2D eigenvalue weighted by atomic mass is 16.5. The van der Waals surface area contributed by atoms with Gasteiger partial charge in [-0.1, -0.05) is 18.2 Å². The Bertz CT molecular complexity index is 691. The molecule has 1 heterocycles. The second kappa shape index (κ2) is 7.49. The first-order chi connectivity index (χ1) is 11.7. The maximum Gasteiger partial charge on any atom is 0.258 e. The highest BCUT2D eigenvalue weighted by Crippen LogP contribution is 2.27. The number of nitrogens with one attached hydrogen (secondary N) is 1. The molecule has 1 fully saturated rings. The van der Waals surface area contributed by atoms with Gasteiger partial charge in [-0.25, -0.2) is 0 Å². The van der Waals surface area contributed by atoms with Gasteiger partial charge in [-0.15, -0.1) is 0 Å². The number of nitrogens with zero attached hydrogens (tertiary/aromatic N) is 1. The zero-order chi connectivity index (χ0) is 16.9. The molecule has 0 spiro atoms. The number of hydrogen-bond acceptors (Lipinski definition) is 3. The fourth-order valence-electron chi connectivity index (χ4n) is 3.24. The fraction of sp³-hybridized carbons (Fsp3) is 0.350. The van der Waals surface area contributed by atoms with E-state index in [2.05, 4.69) is 5.32 Å². The quantitative estimate of drug-likeness (QED) is 0.937. The van der Waals surface area contributed by atoms with Crippen molar-refractivity contribution in [1.82, 2.24) is 5.32 Å². The first-order valence-corrected chi connectivity index (χ1v) is 8.44. The van der Waals surface area contributed by atoms with Gasteiger partial charge in [-0.3, -0.25) is 4.79 Å². The highest BCUT2D eigenvalue weighted by molar-refractivity contribution is 6.07. The van der Waals surface area contributed by atoms with E-state index in [0.717, 1.165) is 48.5 Å². The molecule has 1 aliphatic rings. The van der Waals surface area contributed by atoms with Crippen LogP contribution in [0.25, 0.3) is 0 Å². The molecule has 0 radical (unpaired) electrons. The van der Waals surface area contributed by atoms with Crippen molar-refractivity contribution in [3.8, 4) is 5.75 Å². The topological polar surface area (TPSA) is 41.6 Å². The average Bonchev–Trinajstić information content (AvgIpc) is 2.64. The van der Waals surface area contributed by atoms with Crippen molar-refractivity contribution in [2.75, 3.05) is 25.1 Å². The molecule has 3 rings (SSSR count). The van der Waals surface area contributed by atoms with Crippen molar-refractivity contribution in [3.05, 3.63) is 59.7 Å². The Morgan fingerprint density at radius 1 is 1.08 bits per heavy atom. The molecule has 0 atom stereocenters. The summed E-state index contributed by atoms with van der Waals surface area (Å²) in [5.74, 6) is 0.873. The van der Waals surface area contributed by atoms with Crippen LogP contribution in [0.3, 0.4) is 0 Å². The Labute approximate surface area is 143 Å². The molecule has 0 bridgehead atoms. The van der Waals surface area contributed by atoms with Crippen LogP contribution >= 0.6 is 0 Å². The summed E-state index contributed by atoms with van der Waals surface area (Å²) >= 11 is 0. The Morgan fingerprint density at radius 2 is 1.75 bits per heavy atom. The van der Waals surface area contributed by atoms with E-state index in [1.165, 1.54) is 0 Å². The van der Waals surface area contributed by atoms with Crippen LogP contribution in [-0.2, 0) is 0 Å². The van der Waals surface area contributed by atoms with E-state index in [4.69, 9.17) is 4.74 Å². The summed E-state index contributed by atoms with van der Waals surface area (Å²) in [4.78, 5) is 15.3. The van der Waals surface area contributed by atoms with E-state index >= 15 is 0 Å². The van der Waals surface area contributed by atoms with Gasteiger partial charge in [0.25, 0.3) is 5.91 Å². The van der Waals surface area contributed by atoms with E-state index < -0.39 is 0 Å². The predicted octanol–water partition coefficient (Wildman–Crippen LogP) is 3.40. The van der Waals surface area contributed by atoms with Gasteiger partial charge in [-0.05, 0) is 68.8 Å². The molecule has 4 nitrogen and oxygen atoms in total. The van der Waals surface area contributed by atoms with Crippen molar-refractivity contribution in [2.45, 2.75) is 25.8 Å². The van der Waals surface area contributed by atoms with Crippen LogP contribution in [0.15, 0.2) is 48.5 Å². The van der Waals surface area contributed by atoms with Crippen molar-refractivity contribution in [1.29, 1.82) is 0 Å². The summed E-state index contributed by atoms with van der Waals surface area (Å²) in [6, 6.07) is 15.8. The molecule has 2 aromatic carbocycles. The zero-order valence-electron chi connectivity index (χ0n) is 14.3. The van der Waals surface area contributed by atoms with Gasteiger partial charge in [0.15, 0.2) is 0 Å². The van der Waals surface area contributed by atoms with Crippen LogP contribution < -0.4 is 15.0 Å². The fourth-order valence-corrected chi connectivity index (χ4v) is 3.24. The maximum absolute atomic E-state index is 13.3. The zero-order valence-corrected chi connectivity index (χ0v) is 14.3. The molecular formula is C20H24N2O2. The van der Waals surface area contributed by atoms with Crippen LogP contribution in [0.5, 0.6) is 5.75 Å². The van der Waals surface area contributed by atoms with Crippen molar-refractivity contribution >= 4 is 11.6 Å². The molecule has 1 amide bonds. The highest BCUT2D eigenvalue weighted by Gasteiger charge is 2.28. The van der Waals surface area contributed by atoms with Crippen LogP contribution in [0, 0.1) is 6.92 Å². The number of rotatable bonds is 4. The van der Waals surface area contributed by atoms with Gasteiger partial charge in [-0.2, -0.15) is 0 Å². The second-order valence-electron chi connectivity index (χ2n) is 6.17. The minimum absolute atomic E-state index is 0.0742. The molecule has 1 N–H and O–H groups in total. The van der Waals surface area contributed by atoms with Crippen molar-refractivity contribution in [3.63, 3.8) is 0 Å². The van der Waals surface area contributed by atoms with E-state index in [1.54, 1.807) is 7.11 Å². The van der Waals surface area contributed by atoms with Gasteiger partial charge in [0.05, 0.1) is 7.11 Å². The number of anilines is 1. The summed E-state index contributed by atoms with van der Waals surface area (Å²) in [5, 5.41) is 3.37. The third kappa shape index (κ3) is 3.44. The smallest absolute Gasteiger partial charge is 0.258 e. The Balaban J connectivity index is 1.97. The lowest BCUT2D eigenvalue weighted by Gasteiger charge is -2.35. The summed E-state index contributed by atoms with van der Waals surface area (Å²) in [5.41, 5.74) is 2.71. The molecule has 1 aliphatic heterocycles. The average molecular weight is 324 g/mol. The molecule has 1 saturated heterocycles. The lowest BCUT2D eigenvalue weighted by atomic mass is 10.0. The van der Waals surface area contributed by atoms with Gasteiger partial charge in [0, 0.05) is 17.3 Å². The standard InChI is InChI=1S/C20H24N2O2/c1-15-5-3-4-6-19(15)20(23)22(17-11-13-21-14-12-17)16-7-9-18(24-2)10-8-16/h3-10,17,21H,11-14H2,1-2H3. The summed E-state index contributed by atoms with van der Waals surface area (Å²) < 4.78 is 5.25. The molecule has 0 saturated carbocycles. The number of amides is 1. The molecule has 126 valence electrons. The number of carbonyl (C=O) groups excluding carboxylic acids is 1. The SMILES string of the molecule is COc1ccc(N(C(=O)c2ccccc2C)C2CCNCC2)cc1. The monoisotopic (exact) mass is 324 g/mol. The van der Waals surface area contributed by atoms with Crippen molar-refractivity contribution < 1.29 is 9.53 Å². The number of methoxy groups -OCH3 is 1. The van der Waals surface area contributed by atoms with Crippen LogP contribution in [0.1, 0.15) is 28.8 Å². The lowest BCUT2D eigenvalue weighted by molar-refractivity contribution is 0.0971. The number of hydrogen-bond donors (Lipinski definition) is 1. The minimum Gasteiger partial charge on any atom is -0.497 e. The number of benzene rings is 2. The van der Waals surface area contributed by atoms with Gasteiger partial charge in [0.2, 0.25) is 0 Å². The third-order valence-corrected chi connectivity index (χ3v) is 4.62. The number of carbonyl (C=O) groups is 1. The minimum atomic E-state index is 0.0742. The van der Waals surface area contributed by atoms with E-state index in [0.29, 0.717) is 0 Å². The van der Waals surface area contributed by atoms with E-state index in [1.807, 2.05) is 60.4 Å². The van der Waals surface area contributed by atoms with Crippen molar-refractivity contribution in [2.24, 2.45) is 0 Å². The largest absolute Gasteiger partial charge is 0.497 e. The lowest BCUT2D eigenvalue weighted by Crippen LogP contribution is -2.46. The van der Waals surface area contributed by atoms with E-state index in [-0.39, 0.29) is 11.9 Å². The number of ether oxygens (including phenoxy) is 1. The molecule has 4 heteroatoms. The van der Waals surface area contributed by atoms with Crippen LogP contribution in [-0.4, -0.2) is 32.1 Å². The summed E-state index contributed by atoms with van der Waals surface area (Å²) in [6.45, 7) is 3.87. The number of piperidine rings is 1. The molecule has 0 unspecified atom stereocenters. The molecular weight excluding hydrogens is 300 g/mol. The Kier molecular flexibility index (Phi) is 5.16. The third-order valence-electron chi connectivity index (χ3n) is 4.62. The van der Waals surface area contributed by atoms with Crippen LogP contribution in [0.2, 0.25) is 0 Å². The first kappa shape index (κ1) is 16.5.